The number of hydrogen-bond donors (Lipinski definition) is 0. The van der Waals surface area contributed by atoms with Crippen LogP contribution < -0.4 is 4.90 Å². The van der Waals surface area contributed by atoms with Gasteiger partial charge >= 0.3 is 5.97 Å². The number of aryl methyl sites for hydroxylation is 1. The maximum atomic E-state index is 15.3. The van der Waals surface area contributed by atoms with Gasteiger partial charge in [-0.2, -0.15) is 0 Å². The minimum atomic E-state index is -0.628. The van der Waals surface area contributed by atoms with E-state index in [0.717, 1.165) is 50.5 Å². The molecule has 5 heterocycles. The van der Waals surface area contributed by atoms with Gasteiger partial charge < -0.3 is 52.3 Å². The summed E-state index contributed by atoms with van der Waals surface area (Å²) >= 11 is 0. The Hall–Kier alpha value is -2.88. The lowest BCUT2D eigenvalue weighted by Gasteiger charge is -2.44. The van der Waals surface area contributed by atoms with Crippen LogP contribution in [-0.2, 0) is 54.5 Å². The second-order valence-corrected chi connectivity index (χ2v) is 20.2. The normalized spacial score (nSPS) is 43.1. The fourth-order valence-electron chi connectivity index (χ4n) is 13.4. The number of ketones is 1. The zero-order valence-corrected chi connectivity index (χ0v) is 39.2. The molecule has 7 aliphatic rings. The summed E-state index contributed by atoms with van der Waals surface area (Å²) in [5.41, 5.74) is 3.16. The number of rotatable bonds is 10. The zero-order valence-electron chi connectivity index (χ0n) is 39.2. The molecule has 1 aromatic carbocycles. The molecule has 2 saturated carbocycles. The first-order valence-corrected chi connectivity index (χ1v) is 24.0. The van der Waals surface area contributed by atoms with Crippen molar-refractivity contribution in [3.8, 4) is 0 Å². The van der Waals surface area contributed by atoms with Crippen LogP contribution >= 0.6 is 0 Å². The van der Waals surface area contributed by atoms with Crippen LogP contribution in [0.1, 0.15) is 85.5 Å². The largest absolute Gasteiger partial charge is 0.462 e. The lowest BCUT2D eigenvalue weighted by atomic mass is 9.66. The summed E-state index contributed by atoms with van der Waals surface area (Å²) in [6.07, 6.45) is 8.07. The molecule has 4 saturated heterocycles. The maximum Gasteiger partial charge on any atom is 0.306 e. The minimum Gasteiger partial charge on any atom is -0.462 e. The predicted molar refractivity (Wildman–Crippen MR) is 238 cm³/mol. The van der Waals surface area contributed by atoms with Gasteiger partial charge in [-0.1, -0.05) is 19.9 Å². The van der Waals surface area contributed by atoms with Gasteiger partial charge in [0.15, 0.2) is 18.4 Å². The first-order valence-electron chi connectivity index (χ1n) is 24.0. The molecule has 6 fully saturated rings. The van der Waals surface area contributed by atoms with E-state index in [1.165, 1.54) is 16.6 Å². The SMILES string of the molecule is CC[C@H]1CCC[C@H](O[C@H]2CC[C@H](N(C)C)C(C)O2)[C@@H](C)C(=O)C2=C[C@H]3[C@@H]4C[C@H](O[C@@H]5OC(C)[C@H](OC)C(OC)[C@@H]5OC)C[C@H]4[C@H]4[C@@H]([C@H]3[C@@H]2CC(=O)O1)N4c1ccc2c(ccn2C)c1. The number of allylic oxidation sites excluding steroid dienone is 2. The number of cyclic esters (lactones) is 1. The Kier molecular flexibility index (Phi) is 13.2. The van der Waals surface area contributed by atoms with Crippen molar-refractivity contribution in [3.05, 3.63) is 42.1 Å². The van der Waals surface area contributed by atoms with Crippen LogP contribution in [0.3, 0.4) is 0 Å². The number of nitrogens with zero attached hydrogens (tertiary/aromatic N) is 3. The molecule has 3 unspecified atom stereocenters. The molecular formula is C50H73N3O10. The maximum absolute atomic E-state index is 15.3. The van der Waals surface area contributed by atoms with Crippen molar-refractivity contribution in [2.45, 2.75) is 165 Å². The van der Waals surface area contributed by atoms with Crippen LogP contribution in [0.5, 0.6) is 0 Å². The summed E-state index contributed by atoms with van der Waals surface area (Å²) < 4.78 is 53.0. The summed E-state index contributed by atoms with van der Waals surface area (Å²) in [5, 5.41) is 1.20. The number of fused-ring (bicyclic) bond motifs is 9. The number of likely N-dealkylation sites (N-methyl/N-ethyl adjacent to an activating group) is 1. The van der Waals surface area contributed by atoms with Crippen molar-refractivity contribution >= 4 is 28.3 Å². The third-order valence-electron chi connectivity index (χ3n) is 16.6. The lowest BCUT2D eigenvalue weighted by molar-refractivity contribution is -0.314. The molecule has 13 nitrogen and oxygen atoms in total. The number of esters is 1. The van der Waals surface area contributed by atoms with Crippen LogP contribution in [0.15, 0.2) is 42.1 Å². The molecule has 13 heteroatoms. The van der Waals surface area contributed by atoms with E-state index in [-0.39, 0.29) is 103 Å². The van der Waals surface area contributed by atoms with E-state index < -0.39 is 18.3 Å². The van der Waals surface area contributed by atoms with Crippen molar-refractivity contribution in [2.75, 3.05) is 40.3 Å². The van der Waals surface area contributed by atoms with E-state index in [9.17, 15) is 4.79 Å². The second-order valence-electron chi connectivity index (χ2n) is 20.2. The van der Waals surface area contributed by atoms with E-state index in [4.69, 9.17) is 37.9 Å². The van der Waals surface area contributed by atoms with Gasteiger partial charge in [0.2, 0.25) is 0 Å². The molecule has 0 spiro atoms. The van der Waals surface area contributed by atoms with E-state index >= 15 is 4.79 Å². The molecule has 9 rings (SSSR count). The van der Waals surface area contributed by atoms with E-state index in [1.54, 1.807) is 21.3 Å². The average molecular weight is 876 g/mol. The minimum absolute atomic E-state index is 0.0197. The third kappa shape index (κ3) is 8.34. The quantitative estimate of drug-likeness (QED) is 0.187. The molecule has 0 N–H and O–H groups in total. The highest BCUT2D eigenvalue weighted by Gasteiger charge is 2.69. The van der Waals surface area contributed by atoms with Gasteiger partial charge in [-0.3, -0.25) is 9.59 Å². The molecule has 4 aliphatic heterocycles. The molecule has 348 valence electrons. The highest BCUT2D eigenvalue weighted by atomic mass is 16.7. The predicted octanol–water partition coefficient (Wildman–Crippen LogP) is 6.68. The monoisotopic (exact) mass is 876 g/mol. The molecule has 0 bridgehead atoms. The first-order chi connectivity index (χ1) is 30.3. The Labute approximate surface area is 374 Å². The van der Waals surface area contributed by atoms with Crippen molar-refractivity contribution in [1.82, 2.24) is 9.47 Å². The number of carbonyl (C=O) groups is 2. The van der Waals surface area contributed by atoms with Crippen LogP contribution in [0.2, 0.25) is 0 Å². The zero-order chi connectivity index (χ0) is 44.4. The summed E-state index contributed by atoms with van der Waals surface area (Å²) in [6.45, 7) is 8.25. The van der Waals surface area contributed by atoms with E-state index in [2.05, 4.69) is 85.9 Å². The van der Waals surface area contributed by atoms with E-state index in [0.29, 0.717) is 18.4 Å². The summed E-state index contributed by atoms with van der Waals surface area (Å²) in [6, 6.07) is 9.68. The Morgan fingerprint density at radius 3 is 2.32 bits per heavy atom. The molecular weight excluding hydrogens is 803 g/mol. The lowest BCUT2D eigenvalue weighted by Crippen LogP contribution is -2.59. The molecule has 19 atom stereocenters. The fourth-order valence-corrected chi connectivity index (χ4v) is 13.4. The highest BCUT2D eigenvalue weighted by molar-refractivity contribution is 5.99. The van der Waals surface area contributed by atoms with Crippen LogP contribution in [0.25, 0.3) is 10.9 Å². The van der Waals surface area contributed by atoms with Gasteiger partial charge in [0, 0.05) is 69.0 Å². The molecule has 2 aromatic rings. The van der Waals surface area contributed by atoms with Gasteiger partial charge in [0.25, 0.3) is 0 Å². The number of ether oxygens (including phenoxy) is 8. The summed E-state index contributed by atoms with van der Waals surface area (Å²) in [4.78, 5) is 34.2. The van der Waals surface area contributed by atoms with Crippen molar-refractivity contribution < 1.29 is 47.5 Å². The number of benzene rings is 1. The Balaban J connectivity index is 1.04. The summed E-state index contributed by atoms with van der Waals surface area (Å²) in [7, 11) is 11.3. The van der Waals surface area contributed by atoms with Crippen LogP contribution in [0, 0.1) is 35.5 Å². The first kappa shape index (κ1) is 45.3. The number of carbonyl (C=O) groups excluding carboxylic acids is 2. The standard InChI is InChI=1S/C50H73N3O10/c1-11-31-13-12-14-40(63-42-18-17-38(51(5)6)27(3)59-42)26(2)46(55)37-24-34-33-22-32(62-50-49(58-10)48(57-9)47(56-8)28(4)60-50)23-36(33)44-45(43(34)35(37)25-41(54)61-31)53(44)30-15-16-39-29(21-30)19-20-52(39)7/h15-16,19-21,24,26-28,31-36,38,40,42-45,47-50H,11-14,17-18,22-23,25H2,1-10H3/t26-,27?,28?,31+,32+,33+,34+,35-,36-,38+,40+,42+,43-,44+,45-,47+,48?,49+,50+,53?/m1/s1. The second kappa shape index (κ2) is 18.4. The Bertz CT molecular complexity index is 1990. The van der Waals surface area contributed by atoms with Gasteiger partial charge in [-0.05, 0) is 133 Å². The van der Waals surface area contributed by atoms with E-state index in [1.807, 2.05) is 13.8 Å². The Morgan fingerprint density at radius 1 is 0.841 bits per heavy atom. The third-order valence-corrected chi connectivity index (χ3v) is 16.6. The van der Waals surface area contributed by atoms with Gasteiger partial charge in [0.1, 0.15) is 24.4 Å². The molecule has 1 aromatic heterocycles. The molecule has 3 aliphatic carbocycles. The molecule has 0 amide bonds. The van der Waals surface area contributed by atoms with Crippen LogP contribution in [0.4, 0.5) is 5.69 Å². The van der Waals surface area contributed by atoms with Gasteiger partial charge in [0.05, 0.1) is 42.9 Å². The number of anilines is 1. The van der Waals surface area contributed by atoms with Gasteiger partial charge in [-0.15, -0.1) is 0 Å². The van der Waals surface area contributed by atoms with Crippen molar-refractivity contribution in [3.63, 3.8) is 0 Å². The van der Waals surface area contributed by atoms with Crippen molar-refractivity contribution in [2.24, 2.45) is 42.6 Å². The van der Waals surface area contributed by atoms with Crippen molar-refractivity contribution in [1.29, 1.82) is 0 Å². The number of aromatic nitrogens is 1. The number of hydrogen-bond acceptors (Lipinski definition) is 12. The van der Waals surface area contributed by atoms with Gasteiger partial charge in [-0.25, -0.2) is 0 Å². The number of Topliss-reactive ketones (excluding diaryl/α,β-unsaturated/α-hetero) is 1. The fraction of sp³-hybridized carbons (Fsp3) is 0.760. The highest BCUT2D eigenvalue weighted by Crippen LogP contribution is 2.65. The Morgan fingerprint density at radius 2 is 1.60 bits per heavy atom. The topological polar surface area (TPSA) is 119 Å². The average Bonchev–Trinajstić information content (AvgIpc) is 3.46. The smallest absolute Gasteiger partial charge is 0.306 e. The summed E-state index contributed by atoms with van der Waals surface area (Å²) in [5.74, 6) is -0.0702. The van der Waals surface area contributed by atoms with Crippen LogP contribution in [-0.4, -0.2) is 136 Å². The molecule has 63 heavy (non-hydrogen) atoms. The molecule has 0 radical (unpaired) electrons. The number of methoxy groups -OCH3 is 3.